The van der Waals surface area contributed by atoms with Gasteiger partial charge in [0.05, 0.1) is 6.54 Å². The first-order valence-electron chi connectivity index (χ1n) is 6.50. The minimum absolute atomic E-state index is 0.227. The normalized spacial score (nSPS) is 17.8. The molecule has 0 radical (unpaired) electrons. The van der Waals surface area contributed by atoms with E-state index in [1.807, 2.05) is 13.8 Å². The highest BCUT2D eigenvalue weighted by Crippen LogP contribution is 2.30. The van der Waals surface area contributed by atoms with Crippen molar-refractivity contribution in [1.29, 1.82) is 0 Å². The molecule has 0 aromatic carbocycles. The lowest BCUT2D eigenvalue weighted by Gasteiger charge is -2.24. The van der Waals surface area contributed by atoms with Crippen molar-refractivity contribution < 1.29 is 12.8 Å². The van der Waals surface area contributed by atoms with Gasteiger partial charge in [0.25, 0.3) is 0 Å². The Labute approximate surface area is 132 Å². The van der Waals surface area contributed by atoms with Gasteiger partial charge in [-0.2, -0.15) is 16.1 Å². The van der Waals surface area contributed by atoms with Crippen molar-refractivity contribution >= 4 is 37.7 Å². The third kappa shape index (κ3) is 3.79. The van der Waals surface area contributed by atoms with Crippen LogP contribution >= 0.6 is 27.7 Å². The van der Waals surface area contributed by atoms with Gasteiger partial charge < -0.3 is 9.73 Å². The predicted molar refractivity (Wildman–Crippen MR) is 84.5 cm³/mol. The average Bonchev–Trinajstić information content (AvgIpc) is 2.79. The zero-order chi connectivity index (χ0) is 14.8. The van der Waals surface area contributed by atoms with Crippen LogP contribution in [0.25, 0.3) is 0 Å². The number of rotatable bonds is 5. The van der Waals surface area contributed by atoms with Crippen LogP contribution in [0.5, 0.6) is 0 Å². The molecular formula is C12H19BrN2O3S2. The van der Waals surface area contributed by atoms with Gasteiger partial charge in [-0.1, -0.05) is 13.8 Å². The molecule has 1 aliphatic rings. The summed E-state index contributed by atoms with van der Waals surface area (Å²) in [5.41, 5.74) is 0. The van der Waals surface area contributed by atoms with E-state index in [1.54, 1.807) is 17.8 Å². The van der Waals surface area contributed by atoms with Gasteiger partial charge in [0, 0.05) is 36.7 Å². The first-order chi connectivity index (χ1) is 9.41. The molecule has 20 heavy (non-hydrogen) atoms. The number of sulfonamides is 1. The van der Waals surface area contributed by atoms with Gasteiger partial charge in [-0.15, -0.1) is 0 Å². The number of thioether (sulfide) groups is 1. The van der Waals surface area contributed by atoms with Crippen LogP contribution in [-0.2, 0) is 16.6 Å². The van der Waals surface area contributed by atoms with Crippen LogP contribution in [0.1, 0.15) is 19.6 Å². The molecule has 1 saturated heterocycles. The summed E-state index contributed by atoms with van der Waals surface area (Å²) in [6, 6.07) is 1.93. The maximum absolute atomic E-state index is 12.6. The second-order valence-electron chi connectivity index (χ2n) is 4.90. The highest BCUT2D eigenvalue weighted by Gasteiger charge is 2.30. The Balaban J connectivity index is 2.18. The molecule has 0 aliphatic carbocycles. The molecule has 0 bridgehead atoms. The summed E-state index contributed by atoms with van der Waals surface area (Å²) in [4.78, 5) is 0.227. The smallest absolute Gasteiger partial charge is 0.247 e. The predicted octanol–water partition coefficient (Wildman–Crippen LogP) is 2.28. The lowest BCUT2D eigenvalue weighted by atomic mass is 10.3. The minimum atomic E-state index is -3.46. The molecule has 8 heteroatoms. The van der Waals surface area contributed by atoms with E-state index in [0.717, 1.165) is 11.5 Å². The maximum atomic E-state index is 12.6. The molecule has 0 unspecified atom stereocenters. The van der Waals surface area contributed by atoms with Crippen LogP contribution in [0.3, 0.4) is 0 Å². The summed E-state index contributed by atoms with van der Waals surface area (Å²) < 4.78 is 32.4. The first-order valence-corrected chi connectivity index (χ1v) is 9.89. The molecule has 0 saturated carbocycles. The maximum Gasteiger partial charge on any atom is 0.247 e. The van der Waals surface area contributed by atoms with Crippen molar-refractivity contribution in [2.45, 2.75) is 31.3 Å². The van der Waals surface area contributed by atoms with Crippen LogP contribution in [0.2, 0.25) is 0 Å². The molecule has 0 amide bonds. The first kappa shape index (κ1) is 16.4. The number of hydrogen-bond acceptors (Lipinski definition) is 5. The van der Waals surface area contributed by atoms with Gasteiger partial charge in [0.1, 0.15) is 10.7 Å². The molecular weight excluding hydrogens is 364 g/mol. The van der Waals surface area contributed by atoms with E-state index in [2.05, 4.69) is 21.2 Å². The molecule has 2 rings (SSSR count). The van der Waals surface area contributed by atoms with Crippen LogP contribution in [0.15, 0.2) is 20.0 Å². The third-order valence-electron chi connectivity index (χ3n) is 2.98. The molecule has 5 nitrogen and oxygen atoms in total. The summed E-state index contributed by atoms with van der Waals surface area (Å²) in [6.45, 7) is 5.69. The molecule has 1 aliphatic heterocycles. The van der Waals surface area contributed by atoms with Crippen LogP contribution in [0.4, 0.5) is 0 Å². The largest absolute Gasteiger partial charge is 0.452 e. The van der Waals surface area contributed by atoms with Gasteiger partial charge in [-0.25, -0.2) is 8.42 Å². The fourth-order valence-corrected chi connectivity index (χ4v) is 5.43. The number of hydrogen-bond donors (Lipinski definition) is 1. The third-order valence-corrected chi connectivity index (χ3v) is 6.68. The molecule has 0 spiro atoms. The van der Waals surface area contributed by atoms with E-state index >= 15 is 0 Å². The summed E-state index contributed by atoms with van der Waals surface area (Å²) >= 11 is 5.00. The Morgan fingerprint density at radius 2 is 2.10 bits per heavy atom. The Hall–Kier alpha value is -0.0200. The van der Waals surface area contributed by atoms with Crippen LogP contribution < -0.4 is 5.32 Å². The zero-order valence-electron chi connectivity index (χ0n) is 11.6. The van der Waals surface area contributed by atoms with Gasteiger partial charge in [0.2, 0.25) is 10.0 Å². The van der Waals surface area contributed by atoms with E-state index in [0.29, 0.717) is 31.4 Å². The van der Waals surface area contributed by atoms with Gasteiger partial charge in [0.15, 0.2) is 4.67 Å². The highest BCUT2D eigenvalue weighted by atomic mass is 79.9. The standard InChI is InChI=1S/C12H19BrN2O3S2/c1-9(2)14-8-10-7-11(12(13)18-10)20(16,17)15-3-5-19-6-4-15/h7,9,14H,3-6,8H2,1-2H3. The van der Waals surface area contributed by atoms with E-state index in [1.165, 1.54) is 4.31 Å². The zero-order valence-corrected chi connectivity index (χ0v) is 14.8. The van der Waals surface area contributed by atoms with Crippen molar-refractivity contribution in [2.24, 2.45) is 0 Å². The van der Waals surface area contributed by atoms with Gasteiger partial charge >= 0.3 is 0 Å². The molecule has 1 aromatic rings. The van der Waals surface area contributed by atoms with Gasteiger partial charge in [-0.3, -0.25) is 0 Å². The monoisotopic (exact) mass is 382 g/mol. The highest BCUT2D eigenvalue weighted by molar-refractivity contribution is 9.10. The minimum Gasteiger partial charge on any atom is -0.452 e. The summed E-state index contributed by atoms with van der Waals surface area (Å²) in [5, 5.41) is 3.21. The Morgan fingerprint density at radius 3 is 2.70 bits per heavy atom. The number of nitrogens with one attached hydrogen (secondary N) is 1. The van der Waals surface area contributed by atoms with Crippen molar-refractivity contribution in [1.82, 2.24) is 9.62 Å². The Morgan fingerprint density at radius 1 is 1.45 bits per heavy atom. The van der Waals surface area contributed by atoms with Crippen LogP contribution in [0, 0.1) is 0 Å². The Kier molecular flexibility index (Phi) is 5.58. The number of halogens is 1. The fourth-order valence-electron chi connectivity index (χ4n) is 1.89. The quantitative estimate of drug-likeness (QED) is 0.845. The summed E-state index contributed by atoms with van der Waals surface area (Å²) in [6.07, 6.45) is 0. The average molecular weight is 383 g/mol. The number of nitrogens with zero attached hydrogens (tertiary/aromatic N) is 1. The molecule has 1 aromatic heterocycles. The van der Waals surface area contributed by atoms with Crippen molar-refractivity contribution in [2.75, 3.05) is 24.6 Å². The van der Waals surface area contributed by atoms with Gasteiger partial charge in [-0.05, 0) is 15.9 Å². The van der Waals surface area contributed by atoms with Crippen LogP contribution in [-0.4, -0.2) is 43.4 Å². The lowest BCUT2D eigenvalue weighted by Crippen LogP contribution is -2.37. The second-order valence-corrected chi connectivity index (χ2v) is 8.75. The second kappa shape index (κ2) is 6.83. The van der Waals surface area contributed by atoms with Crippen molar-refractivity contribution in [3.8, 4) is 0 Å². The molecule has 1 fully saturated rings. The molecule has 1 N–H and O–H groups in total. The Bertz CT molecular complexity index is 551. The van der Waals surface area contributed by atoms with Crippen molar-refractivity contribution in [3.05, 3.63) is 16.5 Å². The van der Waals surface area contributed by atoms with E-state index < -0.39 is 10.0 Å². The van der Waals surface area contributed by atoms with E-state index in [-0.39, 0.29) is 9.56 Å². The molecule has 0 atom stereocenters. The van der Waals surface area contributed by atoms with E-state index in [4.69, 9.17) is 4.42 Å². The summed E-state index contributed by atoms with van der Waals surface area (Å²) in [7, 11) is -3.46. The molecule has 2 heterocycles. The summed E-state index contributed by atoms with van der Waals surface area (Å²) in [5.74, 6) is 2.31. The molecule has 114 valence electrons. The SMILES string of the molecule is CC(C)NCc1cc(S(=O)(=O)N2CCSCC2)c(Br)o1. The number of furan rings is 1. The van der Waals surface area contributed by atoms with Crippen molar-refractivity contribution in [3.63, 3.8) is 0 Å². The fraction of sp³-hybridized carbons (Fsp3) is 0.667. The lowest BCUT2D eigenvalue weighted by molar-refractivity contribution is 0.434. The van der Waals surface area contributed by atoms with E-state index in [9.17, 15) is 8.42 Å². The topological polar surface area (TPSA) is 62.6 Å².